The normalized spacial score (nSPS) is 27.5. The first kappa shape index (κ1) is 17.2. The molecule has 1 N–H and O–H groups in total. The highest BCUT2D eigenvalue weighted by Gasteiger charge is 2.37. The number of aryl methyl sites for hydroxylation is 1. The van der Waals surface area contributed by atoms with Gasteiger partial charge in [0.25, 0.3) is 10.0 Å². The van der Waals surface area contributed by atoms with Crippen LogP contribution in [0.3, 0.4) is 0 Å². The number of fused-ring (bicyclic) bond motifs is 2. The molecule has 0 aromatic heterocycles. The summed E-state index contributed by atoms with van der Waals surface area (Å²) in [6.07, 6.45) is 6.31. The molecule has 1 aromatic carbocycles. The first-order valence-electron chi connectivity index (χ1n) is 8.44. The second-order valence-corrected chi connectivity index (χ2v) is 8.44. The standard InChI is InChI=1S/C18H25N3O2S/c1-4-17(16-11-14-7-10-18(16)21(3)12-14)19-20-24(22,23)15-8-5-13(2)6-9-15/h5-10,14,16,18,20H,4,11-12H2,1-3H3/b19-17+. The minimum atomic E-state index is -3.62. The molecule has 3 atom stereocenters. The minimum absolute atomic E-state index is 0.245. The van der Waals surface area contributed by atoms with E-state index in [1.54, 1.807) is 24.3 Å². The lowest BCUT2D eigenvalue weighted by Crippen LogP contribution is -2.50. The Labute approximate surface area is 144 Å². The van der Waals surface area contributed by atoms with Crippen molar-refractivity contribution in [2.45, 2.75) is 37.6 Å². The van der Waals surface area contributed by atoms with Crippen molar-refractivity contribution in [3.63, 3.8) is 0 Å². The molecular formula is C18H25N3O2S. The highest BCUT2D eigenvalue weighted by atomic mass is 32.2. The first-order valence-corrected chi connectivity index (χ1v) is 9.92. The maximum Gasteiger partial charge on any atom is 0.276 e. The zero-order valence-electron chi connectivity index (χ0n) is 14.4. The largest absolute Gasteiger partial charge is 0.299 e. The third-order valence-electron chi connectivity index (χ3n) is 5.01. The van der Waals surface area contributed by atoms with Crippen LogP contribution in [-0.4, -0.2) is 38.7 Å². The van der Waals surface area contributed by atoms with Crippen LogP contribution < -0.4 is 4.83 Å². The molecule has 2 bridgehead atoms. The van der Waals surface area contributed by atoms with E-state index in [1.807, 2.05) is 13.8 Å². The van der Waals surface area contributed by atoms with Crippen LogP contribution in [0, 0.1) is 18.8 Å². The molecule has 1 aromatic rings. The van der Waals surface area contributed by atoms with Crippen molar-refractivity contribution in [1.29, 1.82) is 0 Å². The summed E-state index contributed by atoms with van der Waals surface area (Å²) in [4.78, 5) is 5.01. The zero-order chi connectivity index (χ0) is 17.3. The Balaban J connectivity index is 1.79. The van der Waals surface area contributed by atoms with E-state index in [4.69, 9.17) is 0 Å². The predicted molar refractivity (Wildman–Crippen MR) is 96.4 cm³/mol. The lowest BCUT2D eigenvalue weighted by molar-refractivity contribution is 0.141. The molecule has 5 nitrogen and oxygen atoms in total. The average molecular weight is 347 g/mol. The number of rotatable bonds is 5. The average Bonchev–Trinajstić information content (AvgIpc) is 2.56. The lowest BCUT2D eigenvalue weighted by Gasteiger charge is -2.45. The van der Waals surface area contributed by atoms with Gasteiger partial charge in [0.1, 0.15) is 0 Å². The van der Waals surface area contributed by atoms with E-state index in [0.717, 1.165) is 30.7 Å². The molecular weight excluding hydrogens is 322 g/mol. The van der Waals surface area contributed by atoms with E-state index in [0.29, 0.717) is 12.0 Å². The van der Waals surface area contributed by atoms with Crippen molar-refractivity contribution < 1.29 is 8.42 Å². The van der Waals surface area contributed by atoms with Crippen molar-refractivity contribution in [2.75, 3.05) is 13.6 Å². The smallest absolute Gasteiger partial charge is 0.276 e. The van der Waals surface area contributed by atoms with Crippen LogP contribution >= 0.6 is 0 Å². The van der Waals surface area contributed by atoms with Crippen molar-refractivity contribution in [1.82, 2.24) is 9.73 Å². The second kappa shape index (κ2) is 6.69. The summed E-state index contributed by atoms with van der Waals surface area (Å²) < 4.78 is 24.9. The van der Waals surface area contributed by atoms with Gasteiger partial charge >= 0.3 is 0 Å². The Morgan fingerprint density at radius 1 is 1.29 bits per heavy atom. The maximum atomic E-state index is 12.4. The number of nitrogens with one attached hydrogen (secondary N) is 1. The van der Waals surface area contributed by atoms with E-state index < -0.39 is 10.0 Å². The number of nitrogens with zero attached hydrogens (tertiary/aromatic N) is 2. The summed E-state index contributed by atoms with van der Waals surface area (Å²) in [7, 11) is -1.49. The summed E-state index contributed by atoms with van der Waals surface area (Å²) in [5.41, 5.74) is 1.95. The van der Waals surface area contributed by atoms with Gasteiger partial charge in [-0.25, -0.2) is 4.83 Å². The van der Waals surface area contributed by atoms with E-state index >= 15 is 0 Å². The Morgan fingerprint density at radius 2 is 2.00 bits per heavy atom. The fraction of sp³-hybridized carbons (Fsp3) is 0.500. The van der Waals surface area contributed by atoms with Crippen LogP contribution in [0.2, 0.25) is 0 Å². The Bertz CT molecular complexity index is 753. The van der Waals surface area contributed by atoms with Crippen LogP contribution in [0.1, 0.15) is 25.3 Å². The molecule has 0 amide bonds. The van der Waals surface area contributed by atoms with Gasteiger partial charge in [-0.05, 0) is 44.9 Å². The molecule has 1 aliphatic carbocycles. The van der Waals surface area contributed by atoms with Gasteiger partial charge in [0.2, 0.25) is 0 Å². The van der Waals surface area contributed by atoms with Gasteiger partial charge < -0.3 is 0 Å². The quantitative estimate of drug-likeness (QED) is 0.506. The number of sulfonamides is 1. The van der Waals surface area contributed by atoms with Crippen LogP contribution in [0.15, 0.2) is 46.4 Å². The number of piperidine rings is 1. The first-order chi connectivity index (χ1) is 11.4. The number of hydrazone groups is 1. The van der Waals surface area contributed by atoms with Gasteiger partial charge in [-0.2, -0.15) is 13.5 Å². The molecule has 3 aliphatic rings. The van der Waals surface area contributed by atoms with Gasteiger partial charge in [-0.15, -0.1) is 0 Å². The van der Waals surface area contributed by atoms with E-state index in [1.165, 1.54) is 0 Å². The van der Waals surface area contributed by atoms with Crippen molar-refractivity contribution >= 4 is 15.7 Å². The summed E-state index contributed by atoms with van der Waals surface area (Å²) in [5, 5.41) is 4.31. The third kappa shape index (κ3) is 3.39. The summed E-state index contributed by atoms with van der Waals surface area (Å²) in [5.74, 6) is 0.819. The molecule has 0 spiro atoms. The summed E-state index contributed by atoms with van der Waals surface area (Å²) in [6.45, 7) is 5.04. The number of benzene rings is 1. The predicted octanol–water partition coefficient (Wildman–Crippen LogP) is 2.55. The number of hydrogen-bond donors (Lipinski definition) is 1. The monoisotopic (exact) mass is 347 g/mol. The van der Waals surface area contributed by atoms with Gasteiger partial charge in [-0.3, -0.25) is 4.90 Å². The highest BCUT2D eigenvalue weighted by Crippen LogP contribution is 2.34. The van der Waals surface area contributed by atoms with Crippen LogP contribution in [-0.2, 0) is 10.0 Å². The molecule has 6 heteroatoms. The molecule has 2 heterocycles. The van der Waals surface area contributed by atoms with Crippen LogP contribution in [0.4, 0.5) is 0 Å². The Kier molecular flexibility index (Phi) is 4.78. The number of likely N-dealkylation sites (N-methyl/N-ethyl adjacent to an activating group) is 1. The molecule has 24 heavy (non-hydrogen) atoms. The molecule has 2 aliphatic heterocycles. The van der Waals surface area contributed by atoms with Gasteiger partial charge in [-0.1, -0.05) is 36.8 Å². The zero-order valence-corrected chi connectivity index (χ0v) is 15.3. The molecule has 0 saturated carbocycles. The second-order valence-electron chi connectivity index (χ2n) is 6.78. The fourth-order valence-corrected chi connectivity index (χ4v) is 4.51. The minimum Gasteiger partial charge on any atom is -0.299 e. The fourth-order valence-electron chi connectivity index (χ4n) is 3.68. The van der Waals surface area contributed by atoms with Crippen molar-refractivity contribution in [2.24, 2.45) is 16.9 Å². The maximum absolute atomic E-state index is 12.4. The topological polar surface area (TPSA) is 61.8 Å². The molecule has 1 fully saturated rings. The summed E-state index contributed by atoms with van der Waals surface area (Å²) in [6, 6.07) is 7.12. The van der Waals surface area contributed by atoms with E-state index in [9.17, 15) is 8.42 Å². The van der Waals surface area contributed by atoms with Crippen LogP contribution in [0.25, 0.3) is 0 Å². The van der Waals surface area contributed by atoms with Gasteiger partial charge in [0.15, 0.2) is 0 Å². The van der Waals surface area contributed by atoms with E-state index in [-0.39, 0.29) is 10.8 Å². The highest BCUT2D eigenvalue weighted by molar-refractivity contribution is 7.89. The SMILES string of the molecule is CC/C(=N\NS(=O)(=O)c1ccc(C)cc1)C1CC2C=CC1N(C)C2. The van der Waals surface area contributed by atoms with E-state index in [2.05, 4.69) is 34.0 Å². The third-order valence-corrected chi connectivity index (χ3v) is 6.24. The molecule has 130 valence electrons. The summed E-state index contributed by atoms with van der Waals surface area (Å²) >= 11 is 0. The van der Waals surface area contributed by atoms with Gasteiger partial charge in [0.05, 0.1) is 4.90 Å². The Morgan fingerprint density at radius 3 is 2.58 bits per heavy atom. The molecule has 3 unspecified atom stereocenters. The van der Waals surface area contributed by atoms with Crippen LogP contribution in [0.5, 0.6) is 0 Å². The number of hydrogen-bond acceptors (Lipinski definition) is 4. The van der Waals surface area contributed by atoms with Gasteiger partial charge in [0, 0.05) is 24.2 Å². The lowest BCUT2D eigenvalue weighted by atomic mass is 9.75. The molecule has 1 saturated heterocycles. The molecule has 0 radical (unpaired) electrons. The van der Waals surface area contributed by atoms with Crippen molar-refractivity contribution in [3.05, 3.63) is 42.0 Å². The Hall–Kier alpha value is -1.66. The molecule has 4 rings (SSSR count). The van der Waals surface area contributed by atoms with Crippen molar-refractivity contribution in [3.8, 4) is 0 Å².